The summed E-state index contributed by atoms with van der Waals surface area (Å²) in [5.41, 5.74) is 1.85. The zero-order valence-corrected chi connectivity index (χ0v) is 23.1. The number of ether oxygens (including phenoxy) is 3. The van der Waals surface area contributed by atoms with Crippen molar-refractivity contribution < 1.29 is 14.2 Å². The van der Waals surface area contributed by atoms with E-state index < -0.39 is 0 Å². The summed E-state index contributed by atoms with van der Waals surface area (Å²) in [5, 5.41) is 0.904. The Hall–Kier alpha value is -2.95. The average Bonchev–Trinajstić information content (AvgIpc) is 2.92. The third kappa shape index (κ3) is 8.55. The monoisotopic (exact) mass is 507 g/mol. The van der Waals surface area contributed by atoms with E-state index in [0.717, 1.165) is 73.6 Å². The molecule has 0 bridgehead atoms. The highest BCUT2D eigenvalue weighted by molar-refractivity contribution is 5.89. The summed E-state index contributed by atoms with van der Waals surface area (Å²) >= 11 is 0. The maximum atomic E-state index is 13.8. The highest BCUT2D eigenvalue weighted by Crippen LogP contribution is 2.35. The van der Waals surface area contributed by atoms with Crippen molar-refractivity contribution in [2.75, 3.05) is 13.2 Å². The third-order valence-electron chi connectivity index (χ3n) is 6.62. The van der Waals surface area contributed by atoms with Gasteiger partial charge in [0.15, 0.2) is 5.75 Å². The van der Waals surface area contributed by atoms with Crippen molar-refractivity contribution >= 4 is 10.9 Å². The van der Waals surface area contributed by atoms with Crippen LogP contribution in [-0.4, -0.2) is 17.8 Å². The number of benzene rings is 2. The van der Waals surface area contributed by atoms with Crippen LogP contribution in [-0.2, 0) is 13.2 Å². The minimum atomic E-state index is -0.105. The second-order valence-electron chi connectivity index (χ2n) is 9.74. The third-order valence-corrected chi connectivity index (χ3v) is 6.62. The zero-order chi connectivity index (χ0) is 26.3. The molecule has 0 saturated carbocycles. The average molecular weight is 508 g/mol. The van der Waals surface area contributed by atoms with E-state index in [4.69, 9.17) is 14.2 Å². The Kier molecular flexibility index (Phi) is 12.4. The molecule has 202 valence electrons. The lowest BCUT2D eigenvalue weighted by Gasteiger charge is -2.19. The molecule has 0 atom stereocenters. The summed E-state index contributed by atoms with van der Waals surface area (Å²) in [6.07, 6.45) is 10.7. The molecule has 0 aliphatic rings. The van der Waals surface area contributed by atoms with Gasteiger partial charge >= 0.3 is 0 Å². The molecule has 0 saturated heterocycles. The van der Waals surface area contributed by atoms with Crippen LogP contribution in [0.15, 0.2) is 53.3 Å². The summed E-state index contributed by atoms with van der Waals surface area (Å²) < 4.78 is 20.4. The van der Waals surface area contributed by atoms with Crippen LogP contribution >= 0.6 is 0 Å². The van der Waals surface area contributed by atoms with Gasteiger partial charge < -0.3 is 18.8 Å². The lowest BCUT2D eigenvalue weighted by molar-refractivity contribution is 0.258. The molecule has 37 heavy (non-hydrogen) atoms. The Balaban J connectivity index is 1.98. The quantitative estimate of drug-likeness (QED) is 0.162. The maximum Gasteiger partial charge on any atom is 0.297 e. The summed E-state index contributed by atoms with van der Waals surface area (Å²) in [4.78, 5) is 13.8. The van der Waals surface area contributed by atoms with Crippen LogP contribution in [0.5, 0.6) is 17.2 Å². The van der Waals surface area contributed by atoms with Crippen LogP contribution in [0, 0.1) is 0 Å². The first-order valence-electron chi connectivity index (χ1n) is 14.3. The molecule has 0 fully saturated rings. The highest BCUT2D eigenvalue weighted by atomic mass is 16.5. The largest absolute Gasteiger partial charge is 0.489 e. The molecule has 0 unspecified atom stereocenters. The first kappa shape index (κ1) is 28.6. The first-order valence-corrected chi connectivity index (χ1v) is 14.3. The molecule has 0 radical (unpaired) electrons. The zero-order valence-electron chi connectivity index (χ0n) is 23.1. The van der Waals surface area contributed by atoms with Gasteiger partial charge in [0.25, 0.3) is 5.56 Å². The number of nitrogens with zero attached hydrogens (tertiary/aromatic N) is 1. The van der Waals surface area contributed by atoms with E-state index in [1.165, 1.54) is 12.8 Å². The van der Waals surface area contributed by atoms with Gasteiger partial charge in [-0.25, -0.2) is 0 Å². The molecule has 0 N–H and O–H groups in total. The van der Waals surface area contributed by atoms with Crippen LogP contribution in [0.1, 0.15) is 90.5 Å². The predicted octanol–water partition coefficient (Wildman–Crippen LogP) is 8.30. The van der Waals surface area contributed by atoms with Crippen LogP contribution in [0.4, 0.5) is 0 Å². The van der Waals surface area contributed by atoms with Gasteiger partial charge in [-0.05, 0) is 37.0 Å². The summed E-state index contributed by atoms with van der Waals surface area (Å²) in [5.74, 6) is 1.67. The number of rotatable bonds is 18. The molecule has 5 nitrogen and oxygen atoms in total. The number of pyridine rings is 1. The van der Waals surface area contributed by atoms with E-state index in [1.54, 1.807) is 0 Å². The van der Waals surface area contributed by atoms with Crippen molar-refractivity contribution in [3.05, 3.63) is 64.4 Å². The molecule has 0 aliphatic heterocycles. The van der Waals surface area contributed by atoms with E-state index in [9.17, 15) is 4.79 Å². The van der Waals surface area contributed by atoms with Gasteiger partial charge in [0.05, 0.1) is 18.7 Å². The van der Waals surface area contributed by atoms with Gasteiger partial charge in [-0.3, -0.25) is 4.79 Å². The minimum Gasteiger partial charge on any atom is -0.489 e. The fourth-order valence-electron chi connectivity index (χ4n) is 4.42. The van der Waals surface area contributed by atoms with Crippen molar-refractivity contribution in [2.45, 2.75) is 98.1 Å². The van der Waals surface area contributed by atoms with E-state index in [0.29, 0.717) is 37.9 Å². The molecule has 0 amide bonds. The number of aryl methyl sites for hydroxylation is 1. The fraction of sp³-hybridized carbons (Fsp3) is 0.531. The fourth-order valence-corrected chi connectivity index (χ4v) is 4.42. The Bertz CT molecular complexity index is 1120. The first-order chi connectivity index (χ1) is 18.2. The Morgan fingerprint density at radius 3 is 2.08 bits per heavy atom. The Morgan fingerprint density at radius 2 is 1.35 bits per heavy atom. The number of hydrogen-bond acceptors (Lipinski definition) is 4. The normalized spacial score (nSPS) is 11.1. The molecule has 0 aliphatic carbocycles. The van der Waals surface area contributed by atoms with Crippen LogP contribution < -0.4 is 19.8 Å². The lowest BCUT2D eigenvalue weighted by Crippen LogP contribution is -2.24. The van der Waals surface area contributed by atoms with Gasteiger partial charge in [-0.15, -0.1) is 0 Å². The molecule has 1 aromatic heterocycles. The van der Waals surface area contributed by atoms with E-state index >= 15 is 0 Å². The van der Waals surface area contributed by atoms with Crippen molar-refractivity contribution in [3.8, 4) is 17.2 Å². The predicted molar refractivity (Wildman–Crippen MR) is 153 cm³/mol. The second kappa shape index (κ2) is 16.0. The van der Waals surface area contributed by atoms with Crippen LogP contribution in [0.25, 0.3) is 10.9 Å². The topological polar surface area (TPSA) is 49.7 Å². The van der Waals surface area contributed by atoms with Crippen molar-refractivity contribution in [2.24, 2.45) is 0 Å². The number of hydrogen-bond donors (Lipinski definition) is 0. The number of aromatic nitrogens is 1. The van der Waals surface area contributed by atoms with Crippen molar-refractivity contribution in [3.63, 3.8) is 0 Å². The van der Waals surface area contributed by atoms with Crippen molar-refractivity contribution in [1.82, 2.24) is 4.57 Å². The highest BCUT2D eigenvalue weighted by Gasteiger charge is 2.20. The molecule has 2 aromatic carbocycles. The van der Waals surface area contributed by atoms with Gasteiger partial charge in [0, 0.05) is 18.0 Å². The maximum absolute atomic E-state index is 13.8. The number of fused-ring (bicyclic) bond motifs is 1. The molecule has 3 aromatic rings. The summed E-state index contributed by atoms with van der Waals surface area (Å²) in [7, 11) is 0. The van der Waals surface area contributed by atoms with E-state index in [2.05, 4.69) is 32.9 Å². The van der Waals surface area contributed by atoms with Crippen LogP contribution in [0.2, 0.25) is 0 Å². The summed E-state index contributed by atoms with van der Waals surface area (Å²) in [6.45, 7) is 8.74. The van der Waals surface area contributed by atoms with Gasteiger partial charge in [-0.1, -0.05) is 96.0 Å². The minimum absolute atomic E-state index is 0.105. The lowest BCUT2D eigenvalue weighted by atomic mass is 10.1. The van der Waals surface area contributed by atoms with Crippen molar-refractivity contribution in [1.29, 1.82) is 0 Å². The van der Waals surface area contributed by atoms with Gasteiger partial charge in [-0.2, -0.15) is 0 Å². The molecular weight excluding hydrogens is 462 g/mol. The SMILES string of the molecule is CCCCCCOc1c(OCCCC)c2ccc(OCc3ccccc3)cc2n(CCCCCC)c1=O. The smallest absolute Gasteiger partial charge is 0.297 e. The summed E-state index contributed by atoms with van der Waals surface area (Å²) in [6, 6.07) is 16.1. The molecule has 3 rings (SSSR count). The van der Waals surface area contributed by atoms with Crippen LogP contribution in [0.3, 0.4) is 0 Å². The Labute approximate surface area is 222 Å². The van der Waals surface area contributed by atoms with Gasteiger partial charge in [0.1, 0.15) is 12.4 Å². The van der Waals surface area contributed by atoms with E-state index in [-0.39, 0.29) is 5.56 Å². The van der Waals surface area contributed by atoms with Gasteiger partial charge in [0.2, 0.25) is 5.75 Å². The molecule has 0 spiro atoms. The number of unbranched alkanes of at least 4 members (excludes halogenated alkanes) is 7. The molecule has 1 heterocycles. The molecular formula is C32H45NO4. The Morgan fingerprint density at radius 1 is 0.676 bits per heavy atom. The standard InChI is InChI=1S/C32H45NO4/c1-4-7-10-15-21-33-29-24-27(37-25-26-17-13-12-14-18-26)19-20-28(29)30(35-22-9-6-3)31(32(33)34)36-23-16-11-8-5-2/h12-14,17-20,24H,4-11,15-16,21-23,25H2,1-3H3. The molecule has 5 heteroatoms. The van der Waals surface area contributed by atoms with E-state index in [1.807, 2.05) is 41.0 Å². The second-order valence-corrected chi connectivity index (χ2v) is 9.74.